The summed E-state index contributed by atoms with van der Waals surface area (Å²) < 4.78 is 0. The molecule has 0 fully saturated rings. The summed E-state index contributed by atoms with van der Waals surface area (Å²) >= 11 is 0.820. The first-order chi connectivity index (χ1) is 7.00. The Bertz CT molecular complexity index is 375. The van der Waals surface area contributed by atoms with Crippen LogP contribution >= 0.6 is 11.8 Å². The lowest BCUT2D eigenvalue weighted by atomic mass is 10.2. The van der Waals surface area contributed by atoms with E-state index in [-0.39, 0.29) is 0 Å². The normalized spacial score (nSPS) is 10.3. The second-order valence-electron chi connectivity index (χ2n) is 2.99. The summed E-state index contributed by atoms with van der Waals surface area (Å²) in [6.07, 6.45) is 0. The minimum atomic E-state index is -1.45. The van der Waals surface area contributed by atoms with E-state index < -0.39 is 17.2 Å². The number of rotatable bonds is 4. The topological polar surface area (TPSA) is 74.6 Å². The summed E-state index contributed by atoms with van der Waals surface area (Å²) in [6.45, 7) is 1.86. The van der Waals surface area contributed by atoms with Crippen molar-refractivity contribution in [2.24, 2.45) is 0 Å². The van der Waals surface area contributed by atoms with Crippen LogP contribution in [0.3, 0.4) is 0 Å². The Balaban J connectivity index is 2.83. The zero-order valence-corrected chi connectivity index (χ0v) is 8.82. The van der Waals surface area contributed by atoms with E-state index >= 15 is 0 Å². The van der Waals surface area contributed by atoms with Gasteiger partial charge in [-0.15, -0.1) is 0 Å². The van der Waals surface area contributed by atoms with E-state index in [1.807, 2.05) is 13.0 Å². The quantitative estimate of drug-likeness (QED) is 0.602. The van der Waals surface area contributed by atoms with Crippen LogP contribution in [0, 0.1) is 6.92 Å². The molecule has 0 atom stereocenters. The molecule has 4 nitrogen and oxygen atoms in total. The van der Waals surface area contributed by atoms with Crippen molar-refractivity contribution < 1.29 is 19.8 Å². The van der Waals surface area contributed by atoms with Gasteiger partial charge in [0.2, 0.25) is 5.25 Å². The third-order valence-corrected chi connectivity index (χ3v) is 2.86. The number of thioether (sulfide) groups is 1. The van der Waals surface area contributed by atoms with Crippen LogP contribution in [-0.2, 0) is 9.59 Å². The summed E-state index contributed by atoms with van der Waals surface area (Å²) in [4.78, 5) is 21.9. The zero-order chi connectivity index (χ0) is 11.4. The van der Waals surface area contributed by atoms with Crippen molar-refractivity contribution in [1.29, 1.82) is 0 Å². The molecule has 0 saturated heterocycles. The Morgan fingerprint density at radius 2 is 1.87 bits per heavy atom. The van der Waals surface area contributed by atoms with Gasteiger partial charge in [0, 0.05) is 4.90 Å². The summed E-state index contributed by atoms with van der Waals surface area (Å²) in [7, 11) is 0. The first-order valence-corrected chi connectivity index (χ1v) is 5.07. The SMILES string of the molecule is Cc1cccc(SC(C(=O)O)C(=O)O)c1. The van der Waals surface area contributed by atoms with Crippen LogP contribution < -0.4 is 0 Å². The molecule has 0 radical (unpaired) electrons. The van der Waals surface area contributed by atoms with Gasteiger partial charge in [0.25, 0.3) is 0 Å². The maximum atomic E-state index is 10.6. The number of hydrogen-bond donors (Lipinski definition) is 2. The van der Waals surface area contributed by atoms with Gasteiger partial charge in [-0.1, -0.05) is 29.5 Å². The number of benzene rings is 1. The molecule has 1 aromatic rings. The van der Waals surface area contributed by atoms with Gasteiger partial charge in [-0.3, -0.25) is 9.59 Å². The van der Waals surface area contributed by atoms with Crippen LogP contribution in [0.5, 0.6) is 0 Å². The predicted octanol–water partition coefficient (Wildman–Crippen LogP) is 1.62. The van der Waals surface area contributed by atoms with Gasteiger partial charge >= 0.3 is 11.9 Å². The van der Waals surface area contributed by atoms with Gasteiger partial charge in [0.05, 0.1) is 0 Å². The van der Waals surface area contributed by atoms with Gasteiger partial charge in [0.1, 0.15) is 0 Å². The minimum Gasteiger partial charge on any atom is -0.480 e. The van der Waals surface area contributed by atoms with Crippen LogP contribution in [-0.4, -0.2) is 27.4 Å². The minimum absolute atomic E-state index is 0.643. The molecule has 5 heteroatoms. The fourth-order valence-corrected chi connectivity index (χ4v) is 1.92. The largest absolute Gasteiger partial charge is 0.480 e. The van der Waals surface area contributed by atoms with Crippen molar-refractivity contribution in [2.75, 3.05) is 0 Å². The van der Waals surface area contributed by atoms with Crippen molar-refractivity contribution in [1.82, 2.24) is 0 Å². The molecule has 0 aromatic heterocycles. The molecule has 0 aliphatic carbocycles. The van der Waals surface area contributed by atoms with Crippen molar-refractivity contribution in [3.8, 4) is 0 Å². The molecule has 0 aliphatic rings. The highest BCUT2D eigenvalue weighted by Gasteiger charge is 2.26. The monoisotopic (exact) mass is 226 g/mol. The van der Waals surface area contributed by atoms with Gasteiger partial charge in [-0.25, -0.2) is 0 Å². The summed E-state index contributed by atoms with van der Waals surface area (Å²) in [5.74, 6) is -2.68. The molecule has 1 aromatic carbocycles. The predicted molar refractivity (Wildman–Crippen MR) is 56.1 cm³/mol. The van der Waals surface area contributed by atoms with Gasteiger partial charge in [-0.2, -0.15) is 0 Å². The van der Waals surface area contributed by atoms with E-state index in [1.165, 1.54) is 0 Å². The van der Waals surface area contributed by atoms with E-state index in [4.69, 9.17) is 10.2 Å². The van der Waals surface area contributed by atoms with Crippen LogP contribution in [0.25, 0.3) is 0 Å². The van der Waals surface area contributed by atoms with Crippen molar-refractivity contribution in [3.63, 3.8) is 0 Å². The summed E-state index contributed by atoms with van der Waals surface area (Å²) in [6, 6.07) is 7.07. The molecule has 2 N–H and O–H groups in total. The van der Waals surface area contributed by atoms with E-state index in [2.05, 4.69) is 0 Å². The van der Waals surface area contributed by atoms with Crippen molar-refractivity contribution in [3.05, 3.63) is 29.8 Å². The third kappa shape index (κ3) is 3.28. The third-order valence-electron chi connectivity index (χ3n) is 1.69. The Morgan fingerprint density at radius 3 is 2.33 bits per heavy atom. The number of aliphatic carboxylic acids is 2. The highest BCUT2D eigenvalue weighted by atomic mass is 32.2. The maximum Gasteiger partial charge on any atom is 0.328 e. The van der Waals surface area contributed by atoms with Gasteiger partial charge < -0.3 is 10.2 Å². The molecular formula is C10H10O4S. The molecule has 0 aliphatic heterocycles. The first kappa shape index (κ1) is 11.6. The van der Waals surface area contributed by atoms with E-state index in [9.17, 15) is 9.59 Å². The smallest absolute Gasteiger partial charge is 0.328 e. The Labute approximate surface area is 90.9 Å². The lowest BCUT2D eigenvalue weighted by Crippen LogP contribution is -2.25. The zero-order valence-electron chi connectivity index (χ0n) is 8.01. The van der Waals surface area contributed by atoms with Crippen LogP contribution in [0.1, 0.15) is 5.56 Å². The Hall–Kier alpha value is -1.49. The molecule has 1 rings (SSSR count). The first-order valence-electron chi connectivity index (χ1n) is 4.19. The molecule has 15 heavy (non-hydrogen) atoms. The number of hydrogen-bond acceptors (Lipinski definition) is 3. The number of carboxylic acid groups (broad SMARTS) is 2. The average molecular weight is 226 g/mol. The summed E-state index contributed by atoms with van der Waals surface area (Å²) in [5, 5.41) is 15.9. The van der Waals surface area contributed by atoms with E-state index in [0.29, 0.717) is 4.90 Å². The van der Waals surface area contributed by atoms with Crippen LogP contribution in [0.15, 0.2) is 29.2 Å². The molecule has 0 amide bonds. The van der Waals surface area contributed by atoms with Gasteiger partial charge in [0.15, 0.2) is 0 Å². The molecular weight excluding hydrogens is 216 g/mol. The number of carbonyl (C=O) groups is 2. The second-order valence-corrected chi connectivity index (χ2v) is 4.17. The maximum absolute atomic E-state index is 10.6. The van der Waals surface area contributed by atoms with E-state index in [0.717, 1.165) is 17.3 Å². The molecule has 0 saturated carbocycles. The highest BCUT2D eigenvalue weighted by molar-refractivity contribution is 8.01. The van der Waals surface area contributed by atoms with Crippen LogP contribution in [0.2, 0.25) is 0 Å². The van der Waals surface area contributed by atoms with Crippen molar-refractivity contribution in [2.45, 2.75) is 17.1 Å². The fraction of sp³-hybridized carbons (Fsp3) is 0.200. The molecule has 0 heterocycles. The highest BCUT2D eigenvalue weighted by Crippen LogP contribution is 2.24. The standard InChI is InChI=1S/C10H10O4S/c1-6-3-2-4-7(5-6)15-8(9(11)12)10(13)14/h2-5,8H,1H3,(H,11,12)(H,13,14). The molecule has 80 valence electrons. The fourth-order valence-electron chi connectivity index (χ4n) is 1.03. The van der Waals surface area contributed by atoms with Crippen molar-refractivity contribution >= 4 is 23.7 Å². The lowest BCUT2D eigenvalue weighted by molar-refractivity contribution is -0.146. The molecule has 0 bridgehead atoms. The Kier molecular flexibility index (Phi) is 3.74. The lowest BCUT2D eigenvalue weighted by Gasteiger charge is -2.07. The van der Waals surface area contributed by atoms with E-state index in [1.54, 1.807) is 18.2 Å². The van der Waals surface area contributed by atoms with Crippen LogP contribution in [0.4, 0.5) is 0 Å². The summed E-state index contributed by atoms with van der Waals surface area (Å²) in [5.41, 5.74) is 0.967. The number of carboxylic acids is 2. The number of aryl methyl sites for hydroxylation is 1. The molecule has 0 spiro atoms. The average Bonchev–Trinajstić information content (AvgIpc) is 2.13. The van der Waals surface area contributed by atoms with Gasteiger partial charge in [-0.05, 0) is 19.1 Å². The Morgan fingerprint density at radius 1 is 1.27 bits per heavy atom. The molecule has 0 unspecified atom stereocenters. The second kappa shape index (κ2) is 4.84.